The molecule has 1 amide bonds. The van der Waals surface area contributed by atoms with E-state index in [1.165, 1.54) is 0 Å². The van der Waals surface area contributed by atoms with Crippen LogP contribution in [-0.2, 0) is 0 Å². The lowest BCUT2D eigenvalue weighted by molar-refractivity contribution is 0.0988. The summed E-state index contributed by atoms with van der Waals surface area (Å²) in [5.41, 5.74) is 2.47. The summed E-state index contributed by atoms with van der Waals surface area (Å²) in [6.07, 6.45) is 0. The molecule has 0 aliphatic rings. The SMILES string of the molecule is N#Cc1cccc(NC(=O)c2cc(-c3ccccc3)no2)c1. The van der Waals surface area contributed by atoms with Crippen molar-refractivity contribution in [2.24, 2.45) is 0 Å². The van der Waals surface area contributed by atoms with Crippen LogP contribution in [0.3, 0.4) is 0 Å². The van der Waals surface area contributed by atoms with E-state index in [0.717, 1.165) is 5.56 Å². The van der Waals surface area contributed by atoms with Gasteiger partial charge in [0.15, 0.2) is 0 Å². The fourth-order valence-corrected chi connectivity index (χ4v) is 1.99. The van der Waals surface area contributed by atoms with Gasteiger partial charge in [-0.25, -0.2) is 0 Å². The predicted molar refractivity (Wildman–Crippen MR) is 81.0 cm³/mol. The summed E-state index contributed by atoms with van der Waals surface area (Å²) in [6.45, 7) is 0. The second-order valence-electron chi connectivity index (χ2n) is 4.59. The molecule has 1 heterocycles. The smallest absolute Gasteiger partial charge is 0.294 e. The second-order valence-corrected chi connectivity index (χ2v) is 4.59. The number of hydrogen-bond donors (Lipinski definition) is 1. The number of benzene rings is 2. The van der Waals surface area contributed by atoms with E-state index in [0.29, 0.717) is 16.9 Å². The van der Waals surface area contributed by atoms with E-state index < -0.39 is 5.91 Å². The maximum Gasteiger partial charge on any atom is 0.294 e. The summed E-state index contributed by atoms with van der Waals surface area (Å²) < 4.78 is 5.08. The third kappa shape index (κ3) is 2.86. The fraction of sp³-hybridized carbons (Fsp3) is 0. The minimum absolute atomic E-state index is 0.112. The summed E-state index contributed by atoms with van der Waals surface area (Å²) >= 11 is 0. The average molecular weight is 289 g/mol. The van der Waals surface area contributed by atoms with Gasteiger partial charge in [-0.2, -0.15) is 5.26 Å². The van der Waals surface area contributed by atoms with Gasteiger partial charge in [-0.3, -0.25) is 4.79 Å². The molecule has 3 rings (SSSR count). The maximum atomic E-state index is 12.1. The van der Waals surface area contributed by atoms with Gasteiger partial charge in [0.2, 0.25) is 5.76 Å². The molecule has 5 nitrogen and oxygen atoms in total. The Kier molecular flexibility index (Phi) is 3.67. The van der Waals surface area contributed by atoms with Crippen molar-refractivity contribution in [3.8, 4) is 17.3 Å². The first-order valence-corrected chi connectivity index (χ1v) is 6.60. The molecule has 0 saturated heterocycles. The lowest BCUT2D eigenvalue weighted by Crippen LogP contribution is -2.10. The van der Waals surface area contributed by atoms with Crippen LogP contribution in [0.15, 0.2) is 65.2 Å². The van der Waals surface area contributed by atoms with Crippen LogP contribution in [0.2, 0.25) is 0 Å². The predicted octanol–water partition coefficient (Wildman–Crippen LogP) is 3.47. The van der Waals surface area contributed by atoms with Crippen LogP contribution < -0.4 is 5.32 Å². The van der Waals surface area contributed by atoms with Crippen molar-refractivity contribution in [3.05, 3.63) is 72.0 Å². The molecule has 0 bridgehead atoms. The molecular weight excluding hydrogens is 278 g/mol. The lowest BCUT2D eigenvalue weighted by atomic mass is 10.1. The second kappa shape index (κ2) is 5.94. The van der Waals surface area contributed by atoms with E-state index in [2.05, 4.69) is 10.5 Å². The van der Waals surface area contributed by atoms with E-state index in [4.69, 9.17) is 9.78 Å². The van der Waals surface area contributed by atoms with Gasteiger partial charge in [0, 0.05) is 17.3 Å². The Labute approximate surface area is 126 Å². The van der Waals surface area contributed by atoms with Gasteiger partial charge >= 0.3 is 0 Å². The van der Waals surface area contributed by atoms with Crippen LogP contribution in [-0.4, -0.2) is 11.1 Å². The van der Waals surface area contributed by atoms with Crippen molar-refractivity contribution >= 4 is 11.6 Å². The molecule has 3 aromatic rings. The van der Waals surface area contributed by atoms with Gasteiger partial charge < -0.3 is 9.84 Å². The van der Waals surface area contributed by atoms with Crippen molar-refractivity contribution < 1.29 is 9.32 Å². The highest BCUT2D eigenvalue weighted by atomic mass is 16.5. The lowest BCUT2D eigenvalue weighted by Gasteiger charge is -2.02. The first-order valence-electron chi connectivity index (χ1n) is 6.60. The number of carbonyl (C=O) groups excluding carboxylic acids is 1. The minimum Gasteiger partial charge on any atom is -0.350 e. The Morgan fingerprint density at radius 2 is 1.91 bits per heavy atom. The number of carbonyl (C=O) groups is 1. The van der Waals surface area contributed by atoms with Crippen LogP contribution in [0, 0.1) is 11.3 Å². The van der Waals surface area contributed by atoms with Gasteiger partial charge in [0.1, 0.15) is 5.69 Å². The average Bonchev–Trinajstić information content (AvgIpc) is 3.06. The molecule has 0 atom stereocenters. The molecule has 1 N–H and O–H groups in total. The highest BCUT2D eigenvalue weighted by molar-refractivity contribution is 6.02. The number of rotatable bonds is 3. The Hall–Kier alpha value is -3.39. The monoisotopic (exact) mass is 289 g/mol. The number of hydrogen-bond acceptors (Lipinski definition) is 4. The topological polar surface area (TPSA) is 78.9 Å². The standard InChI is InChI=1S/C17H11N3O2/c18-11-12-5-4-8-14(9-12)19-17(21)16-10-15(20-22-16)13-6-2-1-3-7-13/h1-10H,(H,19,21). The highest BCUT2D eigenvalue weighted by Crippen LogP contribution is 2.19. The molecule has 0 saturated carbocycles. The molecule has 2 aromatic carbocycles. The Morgan fingerprint density at radius 3 is 2.68 bits per heavy atom. The van der Waals surface area contributed by atoms with Crippen LogP contribution in [0.4, 0.5) is 5.69 Å². The van der Waals surface area contributed by atoms with E-state index in [1.54, 1.807) is 30.3 Å². The molecule has 0 fully saturated rings. The van der Waals surface area contributed by atoms with Crippen LogP contribution in [0.1, 0.15) is 16.1 Å². The van der Waals surface area contributed by atoms with E-state index in [1.807, 2.05) is 36.4 Å². The zero-order valence-electron chi connectivity index (χ0n) is 11.5. The van der Waals surface area contributed by atoms with Crippen LogP contribution in [0.25, 0.3) is 11.3 Å². The summed E-state index contributed by atoms with van der Waals surface area (Å²) in [5, 5.41) is 15.4. The molecule has 1 aromatic heterocycles. The first-order chi connectivity index (χ1) is 10.8. The van der Waals surface area contributed by atoms with Crippen LogP contribution in [0.5, 0.6) is 0 Å². The summed E-state index contributed by atoms with van der Waals surface area (Å²) in [5.74, 6) is -0.300. The fourth-order valence-electron chi connectivity index (χ4n) is 1.99. The zero-order valence-corrected chi connectivity index (χ0v) is 11.5. The first kappa shape index (κ1) is 13.6. The van der Waals surface area contributed by atoms with Crippen molar-refractivity contribution in [3.63, 3.8) is 0 Å². The van der Waals surface area contributed by atoms with Crippen molar-refractivity contribution in [2.75, 3.05) is 5.32 Å². The normalized spacial score (nSPS) is 9.95. The van der Waals surface area contributed by atoms with Crippen LogP contribution >= 0.6 is 0 Å². The summed E-state index contributed by atoms with van der Waals surface area (Å²) in [4.78, 5) is 12.1. The van der Waals surface area contributed by atoms with Gasteiger partial charge in [0.05, 0.1) is 11.6 Å². The summed E-state index contributed by atoms with van der Waals surface area (Å²) in [7, 11) is 0. The molecule has 5 heteroatoms. The number of aromatic nitrogens is 1. The molecule has 0 unspecified atom stereocenters. The molecule has 22 heavy (non-hydrogen) atoms. The van der Waals surface area contributed by atoms with E-state index >= 15 is 0 Å². The van der Waals surface area contributed by atoms with Gasteiger partial charge in [-0.05, 0) is 18.2 Å². The number of anilines is 1. The molecule has 106 valence electrons. The Morgan fingerprint density at radius 1 is 1.09 bits per heavy atom. The maximum absolute atomic E-state index is 12.1. The van der Waals surface area contributed by atoms with Gasteiger partial charge in [-0.1, -0.05) is 41.6 Å². The van der Waals surface area contributed by atoms with Crippen molar-refractivity contribution in [1.82, 2.24) is 5.16 Å². The number of nitrogens with one attached hydrogen (secondary N) is 1. The third-order valence-electron chi connectivity index (χ3n) is 3.05. The minimum atomic E-state index is -0.412. The molecule has 0 aliphatic heterocycles. The van der Waals surface area contributed by atoms with Crippen molar-refractivity contribution in [1.29, 1.82) is 5.26 Å². The largest absolute Gasteiger partial charge is 0.350 e. The highest BCUT2D eigenvalue weighted by Gasteiger charge is 2.14. The Balaban J connectivity index is 1.79. The van der Waals surface area contributed by atoms with Gasteiger partial charge in [-0.15, -0.1) is 0 Å². The molecule has 0 spiro atoms. The number of nitriles is 1. The number of nitrogens with zero attached hydrogens (tertiary/aromatic N) is 2. The molecule has 0 aliphatic carbocycles. The van der Waals surface area contributed by atoms with Crippen molar-refractivity contribution in [2.45, 2.75) is 0 Å². The quantitative estimate of drug-likeness (QED) is 0.800. The molecular formula is C17H11N3O2. The van der Waals surface area contributed by atoms with E-state index in [-0.39, 0.29) is 5.76 Å². The third-order valence-corrected chi connectivity index (χ3v) is 3.05. The number of amides is 1. The van der Waals surface area contributed by atoms with E-state index in [9.17, 15) is 4.79 Å². The molecule has 0 radical (unpaired) electrons. The summed E-state index contributed by atoms with van der Waals surface area (Å²) in [6, 6.07) is 19.7. The zero-order chi connectivity index (χ0) is 15.4. The Bertz CT molecular complexity index is 848. The van der Waals surface area contributed by atoms with Gasteiger partial charge in [0.25, 0.3) is 5.91 Å².